The highest BCUT2D eigenvalue weighted by molar-refractivity contribution is 8.14. The molecule has 1 aliphatic carbocycles. The van der Waals surface area contributed by atoms with Crippen molar-refractivity contribution in [3.63, 3.8) is 0 Å². The zero-order valence-corrected chi connectivity index (χ0v) is 7.54. The molecule has 10 heavy (non-hydrogen) atoms. The molecular formula is C7H11ClOS. The smallest absolute Gasteiger partial charge is 0.186 e. The molecule has 58 valence electrons. The largest absolute Gasteiger partial charge is 0.288 e. The van der Waals surface area contributed by atoms with Crippen molar-refractivity contribution in [3.8, 4) is 0 Å². The summed E-state index contributed by atoms with van der Waals surface area (Å²) in [5, 5.41) is 0.811. The third-order valence-electron chi connectivity index (χ3n) is 1.69. The Hall–Kier alpha value is 0.310. The molecule has 0 radical (unpaired) electrons. The van der Waals surface area contributed by atoms with Crippen molar-refractivity contribution in [3.05, 3.63) is 0 Å². The van der Waals surface area contributed by atoms with Crippen LogP contribution in [-0.2, 0) is 4.79 Å². The quantitative estimate of drug-likeness (QED) is 0.574. The highest BCUT2D eigenvalue weighted by Gasteiger charge is 2.26. The monoisotopic (exact) mass is 178 g/mol. The molecule has 0 heterocycles. The average Bonchev–Trinajstić information content (AvgIpc) is 2.15. The van der Waals surface area contributed by atoms with Gasteiger partial charge in [-0.15, -0.1) is 11.6 Å². The van der Waals surface area contributed by atoms with Crippen LogP contribution in [0, 0.1) is 0 Å². The molecule has 0 aromatic carbocycles. The van der Waals surface area contributed by atoms with Gasteiger partial charge in [0.15, 0.2) is 5.12 Å². The molecule has 1 fully saturated rings. The van der Waals surface area contributed by atoms with Crippen molar-refractivity contribution in [2.75, 3.05) is 0 Å². The normalized spacial score (nSPS) is 32.6. The van der Waals surface area contributed by atoms with Gasteiger partial charge in [0.25, 0.3) is 0 Å². The van der Waals surface area contributed by atoms with Crippen molar-refractivity contribution < 1.29 is 4.79 Å². The molecule has 1 nitrogen and oxygen atoms in total. The summed E-state index contributed by atoms with van der Waals surface area (Å²) in [6.07, 6.45) is 3.37. The minimum absolute atomic E-state index is 0.192. The second-order valence-electron chi connectivity index (χ2n) is 2.59. The van der Waals surface area contributed by atoms with E-state index in [1.807, 2.05) is 0 Å². The van der Waals surface area contributed by atoms with Crippen LogP contribution >= 0.6 is 23.4 Å². The van der Waals surface area contributed by atoms with Crippen LogP contribution in [-0.4, -0.2) is 15.7 Å². The Morgan fingerprint density at radius 3 is 2.70 bits per heavy atom. The zero-order valence-electron chi connectivity index (χ0n) is 5.97. The Bertz CT molecular complexity index is 138. The van der Waals surface area contributed by atoms with Gasteiger partial charge < -0.3 is 0 Å². The van der Waals surface area contributed by atoms with E-state index in [1.54, 1.807) is 6.92 Å². The molecule has 0 amide bonds. The topological polar surface area (TPSA) is 17.1 Å². The molecule has 0 aromatic rings. The number of rotatable bonds is 1. The summed E-state index contributed by atoms with van der Waals surface area (Å²) < 4.78 is 0. The fourth-order valence-corrected chi connectivity index (χ4v) is 2.66. The first kappa shape index (κ1) is 8.41. The highest BCUT2D eigenvalue weighted by atomic mass is 35.5. The first-order valence-corrected chi connectivity index (χ1v) is 4.83. The van der Waals surface area contributed by atoms with E-state index in [4.69, 9.17) is 11.6 Å². The number of thioether (sulfide) groups is 1. The molecule has 0 bridgehead atoms. The molecule has 0 N–H and O–H groups in total. The Morgan fingerprint density at radius 2 is 2.30 bits per heavy atom. The van der Waals surface area contributed by atoms with Gasteiger partial charge in [-0.2, -0.15) is 0 Å². The summed E-state index contributed by atoms with van der Waals surface area (Å²) in [6.45, 7) is 1.60. The van der Waals surface area contributed by atoms with Gasteiger partial charge in [0, 0.05) is 17.6 Å². The maximum Gasteiger partial charge on any atom is 0.186 e. The summed E-state index contributed by atoms with van der Waals surface area (Å²) in [4.78, 5) is 10.6. The first-order chi connectivity index (χ1) is 4.70. The lowest BCUT2D eigenvalue weighted by atomic mass is 10.4. The van der Waals surface area contributed by atoms with Gasteiger partial charge in [-0.05, 0) is 12.8 Å². The van der Waals surface area contributed by atoms with Crippen LogP contribution in [0.1, 0.15) is 26.2 Å². The SMILES string of the molecule is CC(=O)SC1CCCC1Cl. The second kappa shape index (κ2) is 3.63. The summed E-state index contributed by atoms with van der Waals surface area (Å²) in [5.41, 5.74) is 0. The number of carbonyl (C=O) groups excluding carboxylic acids is 1. The lowest BCUT2D eigenvalue weighted by Crippen LogP contribution is -2.10. The third-order valence-corrected chi connectivity index (χ3v) is 3.56. The molecule has 2 atom stereocenters. The van der Waals surface area contributed by atoms with Crippen LogP contribution in [0.25, 0.3) is 0 Å². The Labute approximate surface area is 70.5 Å². The van der Waals surface area contributed by atoms with Crippen LogP contribution < -0.4 is 0 Å². The lowest BCUT2D eigenvalue weighted by molar-refractivity contribution is -0.109. The van der Waals surface area contributed by atoms with E-state index in [2.05, 4.69) is 0 Å². The molecule has 0 saturated heterocycles. The van der Waals surface area contributed by atoms with Crippen molar-refractivity contribution in [2.24, 2.45) is 0 Å². The molecule has 3 heteroatoms. The molecule has 1 saturated carbocycles. The Morgan fingerprint density at radius 1 is 1.60 bits per heavy atom. The van der Waals surface area contributed by atoms with Crippen LogP contribution in [0.4, 0.5) is 0 Å². The van der Waals surface area contributed by atoms with E-state index in [1.165, 1.54) is 18.2 Å². The van der Waals surface area contributed by atoms with Gasteiger partial charge in [-0.25, -0.2) is 0 Å². The molecule has 2 unspecified atom stereocenters. The fraction of sp³-hybridized carbons (Fsp3) is 0.857. The minimum Gasteiger partial charge on any atom is -0.288 e. The molecule has 0 aliphatic heterocycles. The fourth-order valence-electron chi connectivity index (χ4n) is 1.23. The summed E-state index contributed by atoms with van der Waals surface area (Å²) in [6, 6.07) is 0. The number of hydrogen-bond acceptors (Lipinski definition) is 2. The van der Waals surface area contributed by atoms with Gasteiger partial charge in [0.2, 0.25) is 0 Å². The third kappa shape index (κ3) is 2.17. The Kier molecular flexibility index (Phi) is 3.05. The molecule has 0 aromatic heterocycles. The molecule has 1 rings (SSSR count). The van der Waals surface area contributed by atoms with Crippen LogP contribution in [0.5, 0.6) is 0 Å². The standard InChI is InChI=1S/C7H11ClOS/c1-5(9)10-7-4-2-3-6(7)8/h6-7H,2-4H2,1H3. The van der Waals surface area contributed by atoms with Gasteiger partial charge in [0.1, 0.15) is 0 Å². The lowest BCUT2D eigenvalue weighted by Gasteiger charge is -2.09. The van der Waals surface area contributed by atoms with Crippen molar-refractivity contribution in [2.45, 2.75) is 36.8 Å². The predicted octanol–water partition coefficient (Wildman–Crippen LogP) is 2.43. The van der Waals surface area contributed by atoms with Crippen LogP contribution in [0.3, 0.4) is 0 Å². The number of alkyl halides is 1. The highest BCUT2D eigenvalue weighted by Crippen LogP contribution is 2.33. The molecule has 1 aliphatic rings. The van der Waals surface area contributed by atoms with E-state index >= 15 is 0 Å². The maximum absolute atomic E-state index is 10.6. The van der Waals surface area contributed by atoms with Gasteiger partial charge in [-0.3, -0.25) is 4.79 Å². The van der Waals surface area contributed by atoms with Gasteiger partial charge >= 0.3 is 0 Å². The predicted molar refractivity (Wildman–Crippen MR) is 45.6 cm³/mol. The maximum atomic E-state index is 10.6. The van der Waals surface area contributed by atoms with E-state index in [-0.39, 0.29) is 10.5 Å². The second-order valence-corrected chi connectivity index (χ2v) is 4.57. The van der Waals surface area contributed by atoms with E-state index in [0.717, 1.165) is 12.8 Å². The molecular weight excluding hydrogens is 168 g/mol. The van der Waals surface area contributed by atoms with E-state index in [9.17, 15) is 4.79 Å². The first-order valence-electron chi connectivity index (χ1n) is 3.51. The average molecular weight is 179 g/mol. The van der Waals surface area contributed by atoms with Crippen LogP contribution in [0.2, 0.25) is 0 Å². The van der Waals surface area contributed by atoms with Crippen molar-refractivity contribution in [1.82, 2.24) is 0 Å². The number of carbonyl (C=O) groups is 1. The van der Waals surface area contributed by atoms with Crippen molar-refractivity contribution >= 4 is 28.5 Å². The van der Waals surface area contributed by atoms with E-state index in [0.29, 0.717) is 5.25 Å². The molecule has 0 spiro atoms. The minimum atomic E-state index is 0.192. The van der Waals surface area contributed by atoms with Gasteiger partial charge in [-0.1, -0.05) is 18.2 Å². The van der Waals surface area contributed by atoms with Crippen molar-refractivity contribution in [1.29, 1.82) is 0 Å². The summed E-state index contributed by atoms with van der Waals surface area (Å²) in [7, 11) is 0. The summed E-state index contributed by atoms with van der Waals surface area (Å²) in [5.74, 6) is 0. The summed E-state index contributed by atoms with van der Waals surface area (Å²) >= 11 is 7.35. The van der Waals surface area contributed by atoms with E-state index < -0.39 is 0 Å². The number of halogens is 1. The Balaban J connectivity index is 2.33. The zero-order chi connectivity index (χ0) is 7.56. The van der Waals surface area contributed by atoms with Gasteiger partial charge in [0.05, 0.1) is 0 Å². The van der Waals surface area contributed by atoms with Crippen LogP contribution in [0.15, 0.2) is 0 Å². The number of hydrogen-bond donors (Lipinski definition) is 0.